The largest absolute Gasteiger partial charge is 0.381 e. The molecule has 0 radical (unpaired) electrons. The van der Waals surface area contributed by atoms with E-state index in [0.29, 0.717) is 11.2 Å². The average Bonchev–Trinajstić information content (AvgIpc) is 2.90. The summed E-state index contributed by atoms with van der Waals surface area (Å²) in [7, 11) is 1.73. The molecule has 3 rings (SSSR count). The lowest BCUT2D eigenvalue weighted by Gasteiger charge is -2.30. The van der Waals surface area contributed by atoms with Crippen LogP contribution in [0, 0.1) is 13.8 Å². The second-order valence-electron chi connectivity index (χ2n) is 5.56. The van der Waals surface area contributed by atoms with Crippen LogP contribution in [0.15, 0.2) is 12.3 Å². The molecular weight excluding hydrogens is 268 g/mol. The van der Waals surface area contributed by atoms with Crippen LogP contribution in [0.3, 0.4) is 0 Å². The summed E-state index contributed by atoms with van der Waals surface area (Å²) in [4.78, 5) is 19.0. The smallest absolute Gasteiger partial charge is 0.259 e. The summed E-state index contributed by atoms with van der Waals surface area (Å²) in [5.74, 6) is 0.0112. The fourth-order valence-electron chi connectivity index (χ4n) is 2.89. The number of carbonyl (C=O) groups is 1. The molecule has 2 aromatic rings. The lowest BCUT2D eigenvalue weighted by Crippen LogP contribution is -2.40. The first-order valence-corrected chi connectivity index (χ1v) is 7.24. The minimum absolute atomic E-state index is 0.0112. The number of likely N-dealkylation sites (tertiary alicyclic amines) is 1. The Balaban J connectivity index is 1.89. The van der Waals surface area contributed by atoms with Crippen molar-refractivity contribution in [2.45, 2.75) is 32.8 Å². The second-order valence-corrected chi connectivity index (χ2v) is 5.56. The number of piperidine rings is 1. The predicted molar refractivity (Wildman–Crippen MR) is 78.4 cm³/mol. The van der Waals surface area contributed by atoms with Crippen molar-refractivity contribution < 1.29 is 9.53 Å². The van der Waals surface area contributed by atoms with Crippen molar-refractivity contribution in [1.82, 2.24) is 19.5 Å². The normalized spacial score (nSPS) is 16.6. The maximum absolute atomic E-state index is 12.7. The highest BCUT2D eigenvalue weighted by molar-refractivity contribution is 5.99. The summed E-state index contributed by atoms with van der Waals surface area (Å²) in [5.41, 5.74) is 3.10. The topological polar surface area (TPSA) is 59.7 Å². The van der Waals surface area contributed by atoms with Gasteiger partial charge in [0.1, 0.15) is 5.56 Å². The Morgan fingerprint density at radius 2 is 2.05 bits per heavy atom. The number of carbonyl (C=O) groups excluding carboxylic acids is 1. The Hall–Kier alpha value is -1.95. The molecule has 0 N–H and O–H groups in total. The van der Waals surface area contributed by atoms with Crippen LogP contribution in [0.5, 0.6) is 0 Å². The minimum Gasteiger partial charge on any atom is -0.381 e. The van der Waals surface area contributed by atoms with E-state index in [-0.39, 0.29) is 12.0 Å². The lowest BCUT2D eigenvalue weighted by atomic mass is 10.1. The van der Waals surface area contributed by atoms with E-state index in [4.69, 9.17) is 4.74 Å². The maximum Gasteiger partial charge on any atom is 0.259 e. The first-order chi connectivity index (χ1) is 10.1. The van der Waals surface area contributed by atoms with Gasteiger partial charge in [0.05, 0.1) is 12.3 Å². The third-order valence-corrected chi connectivity index (χ3v) is 4.07. The van der Waals surface area contributed by atoms with Gasteiger partial charge >= 0.3 is 0 Å². The van der Waals surface area contributed by atoms with E-state index in [1.807, 2.05) is 24.8 Å². The lowest BCUT2D eigenvalue weighted by molar-refractivity contribution is 0.0351. The molecule has 2 aromatic heterocycles. The number of hydrogen-bond acceptors (Lipinski definition) is 4. The summed E-state index contributed by atoms with van der Waals surface area (Å²) in [5, 5.41) is 4.29. The number of hydrogen-bond donors (Lipinski definition) is 0. The highest BCUT2D eigenvalue weighted by Crippen LogP contribution is 2.18. The zero-order chi connectivity index (χ0) is 15.0. The Morgan fingerprint density at radius 1 is 1.33 bits per heavy atom. The van der Waals surface area contributed by atoms with Crippen LogP contribution in [-0.2, 0) is 4.74 Å². The van der Waals surface area contributed by atoms with Gasteiger partial charge < -0.3 is 9.64 Å². The van der Waals surface area contributed by atoms with Gasteiger partial charge in [-0.1, -0.05) is 0 Å². The van der Waals surface area contributed by atoms with Gasteiger partial charge in [0, 0.05) is 31.6 Å². The number of rotatable bonds is 2. The third kappa shape index (κ3) is 2.51. The third-order valence-electron chi connectivity index (χ3n) is 4.07. The molecule has 1 saturated heterocycles. The van der Waals surface area contributed by atoms with E-state index in [1.165, 1.54) is 0 Å². The van der Waals surface area contributed by atoms with E-state index in [2.05, 4.69) is 10.1 Å². The molecule has 0 unspecified atom stereocenters. The number of fused-ring (bicyclic) bond motifs is 1. The van der Waals surface area contributed by atoms with Crippen LogP contribution in [0.2, 0.25) is 0 Å². The molecule has 0 saturated carbocycles. The quantitative estimate of drug-likeness (QED) is 0.842. The molecule has 1 aliphatic heterocycles. The van der Waals surface area contributed by atoms with Crippen LogP contribution in [0.1, 0.15) is 34.6 Å². The average molecular weight is 288 g/mol. The molecule has 0 aliphatic carbocycles. The van der Waals surface area contributed by atoms with Crippen LogP contribution in [-0.4, -0.2) is 51.7 Å². The van der Waals surface area contributed by atoms with E-state index >= 15 is 0 Å². The van der Waals surface area contributed by atoms with Crippen LogP contribution >= 0.6 is 0 Å². The highest BCUT2D eigenvalue weighted by Gasteiger charge is 2.26. The number of nitrogens with zero attached hydrogens (tertiary/aromatic N) is 4. The van der Waals surface area contributed by atoms with Gasteiger partial charge in [0.25, 0.3) is 5.91 Å². The van der Waals surface area contributed by atoms with E-state index in [9.17, 15) is 4.79 Å². The number of aromatic nitrogens is 3. The van der Waals surface area contributed by atoms with Gasteiger partial charge in [-0.2, -0.15) is 5.10 Å². The molecule has 112 valence electrons. The van der Waals surface area contributed by atoms with Crippen molar-refractivity contribution >= 4 is 11.6 Å². The van der Waals surface area contributed by atoms with Gasteiger partial charge in [0.15, 0.2) is 5.65 Å². The predicted octanol–water partition coefficient (Wildman–Crippen LogP) is 1.60. The van der Waals surface area contributed by atoms with E-state index in [1.54, 1.807) is 17.8 Å². The number of methoxy groups -OCH3 is 1. The molecule has 1 amide bonds. The molecule has 3 heterocycles. The van der Waals surface area contributed by atoms with Gasteiger partial charge in [-0.3, -0.25) is 4.79 Å². The van der Waals surface area contributed by atoms with E-state index in [0.717, 1.165) is 37.3 Å². The van der Waals surface area contributed by atoms with Crippen molar-refractivity contribution in [3.8, 4) is 0 Å². The van der Waals surface area contributed by atoms with Gasteiger partial charge in [-0.15, -0.1) is 0 Å². The van der Waals surface area contributed by atoms with Gasteiger partial charge in [0.2, 0.25) is 0 Å². The first kappa shape index (κ1) is 14.0. The summed E-state index contributed by atoms with van der Waals surface area (Å²) in [6.07, 6.45) is 3.65. The van der Waals surface area contributed by atoms with Crippen molar-refractivity contribution in [2.75, 3.05) is 20.2 Å². The maximum atomic E-state index is 12.7. The molecule has 0 atom stereocenters. The van der Waals surface area contributed by atoms with Crippen molar-refractivity contribution in [2.24, 2.45) is 0 Å². The Morgan fingerprint density at radius 3 is 2.71 bits per heavy atom. The molecule has 6 heteroatoms. The molecule has 6 nitrogen and oxygen atoms in total. The fourth-order valence-corrected chi connectivity index (χ4v) is 2.89. The van der Waals surface area contributed by atoms with Crippen LogP contribution in [0.25, 0.3) is 5.65 Å². The first-order valence-electron chi connectivity index (χ1n) is 7.24. The monoisotopic (exact) mass is 288 g/mol. The summed E-state index contributed by atoms with van der Waals surface area (Å²) < 4.78 is 7.07. The number of aryl methyl sites for hydroxylation is 2. The molecule has 1 aliphatic rings. The molecular formula is C15H20N4O2. The SMILES string of the molecule is COC1CCN(C(=O)c2cnn3c(C)cc(C)nc23)CC1. The summed E-state index contributed by atoms with van der Waals surface area (Å²) in [6, 6.07) is 1.96. The van der Waals surface area contributed by atoms with Gasteiger partial charge in [-0.05, 0) is 32.8 Å². The Kier molecular flexibility index (Phi) is 3.63. The van der Waals surface area contributed by atoms with Crippen molar-refractivity contribution in [3.63, 3.8) is 0 Å². The van der Waals surface area contributed by atoms with E-state index < -0.39 is 0 Å². The number of ether oxygens (including phenoxy) is 1. The minimum atomic E-state index is 0.0112. The molecule has 21 heavy (non-hydrogen) atoms. The molecule has 0 bridgehead atoms. The summed E-state index contributed by atoms with van der Waals surface area (Å²) >= 11 is 0. The Bertz CT molecular complexity index is 672. The molecule has 1 fully saturated rings. The highest BCUT2D eigenvalue weighted by atomic mass is 16.5. The number of amides is 1. The second kappa shape index (κ2) is 5.44. The van der Waals surface area contributed by atoms with Crippen LogP contribution in [0.4, 0.5) is 0 Å². The van der Waals surface area contributed by atoms with Gasteiger partial charge in [-0.25, -0.2) is 9.50 Å². The molecule has 0 spiro atoms. The van der Waals surface area contributed by atoms with Crippen molar-refractivity contribution in [3.05, 3.63) is 29.2 Å². The summed E-state index contributed by atoms with van der Waals surface area (Å²) in [6.45, 7) is 5.34. The van der Waals surface area contributed by atoms with Crippen LogP contribution < -0.4 is 0 Å². The molecule has 0 aromatic carbocycles. The standard InChI is InChI=1S/C15H20N4O2/c1-10-8-11(2)19-14(17-10)13(9-16-19)15(20)18-6-4-12(21-3)5-7-18/h8-9,12H,4-7H2,1-3H3. The zero-order valence-corrected chi connectivity index (χ0v) is 12.7. The zero-order valence-electron chi connectivity index (χ0n) is 12.7. The fraction of sp³-hybridized carbons (Fsp3) is 0.533. The van der Waals surface area contributed by atoms with Crippen molar-refractivity contribution in [1.29, 1.82) is 0 Å². The Labute approximate surface area is 123 Å².